The number of nitrogens with zero attached hydrogens (tertiary/aromatic N) is 2. The summed E-state index contributed by atoms with van der Waals surface area (Å²) in [5.41, 5.74) is 2.57. The van der Waals surface area contributed by atoms with Crippen LogP contribution < -0.4 is 10.1 Å². The predicted molar refractivity (Wildman–Crippen MR) is 131 cm³/mol. The van der Waals surface area contributed by atoms with Gasteiger partial charge in [0, 0.05) is 24.2 Å². The van der Waals surface area contributed by atoms with Crippen molar-refractivity contribution >= 4 is 35.0 Å². The van der Waals surface area contributed by atoms with Crippen molar-refractivity contribution in [2.24, 2.45) is 0 Å². The fourth-order valence-corrected chi connectivity index (χ4v) is 4.99. The van der Waals surface area contributed by atoms with E-state index >= 15 is 0 Å². The summed E-state index contributed by atoms with van der Waals surface area (Å²) in [5, 5.41) is 13.6. The van der Waals surface area contributed by atoms with E-state index in [9.17, 15) is 19.7 Å². The van der Waals surface area contributed by atoms with Gasteiger partial charge in [-0.05, 0) is 35.7 Å². The number of rotatable bonds is 8. The number of hydrogen-bond donors (Lipinski definition) is 1. The fraction of sp³-hybridized carbons (Fsp3) is 0.200. The third-order valence-corrected chi connectivity index (χ3v) is 6.81. The highest BCUT2D eigenvalue weighted by Gasteiger charge is 2.32. The van der Waals surface area contributed by atoms with Crippen molar-refractivity contribution in [3.8, 4) is 5.75 Å². The fourth-order valence-electron chi connectivity index (χ4n) is 3.77. The molecule has 2 amide bonds. The van der Waals surface area contributed by atoms with Crippen LogP contribution in [-0.4, -0.2) is 41.0 Å². The zero-order valence-electron chi connectivity index (χ0n) is 18.5. The van der Waals surface area contributed by atoms with Gasteiger partial charge in [-0.2, -0.15) is 0 Å². The Bertz CT molecular complexity index is 1200. The van der Waals surface area contributed by atoms with Crippen LogP contribution >= 0.6 is 11.8 Å². The van der Waals surface area contributed by atoms with E-state index in [1.54, 1.807) is 23.9 Å². The Kier molecular flexibility index (Phi) is 7.12. The molecular weight excluding hydrogens is 454 g/mol. The van der Waals surface area contributed by atoms with Crippen LogP contribution in [0.1, 0.15) is 26.9 Å². The molecule has 1 fully saturated rings. The minimum absolute atomic E-state index is 0.102. The third kappa shape index (κ3) is 5.20. The number of anilines is 1. The number of nitrogens with one attached hydrogen (secondary N) is 1. The van der Waals surface area contributed by atoms with Crippen molar-refractivity contribution in [1.29, 1.82) is 0 Å². The molecule has 0 unspecified atom stereocenters. The van der Waals surface area contributed by atoms with Crippen molar-refractivity contribution in [2.75, 3.05) is 24.7 Å². The van der Waals surface area contributed by atoms with Crippen LogP contribution in [0, 0.1) is 10.1 Å². The van der Waals surface area contributed by atoms with Gasteiger partial charge in [-0.25, -0.2) is 0 Å². The Balaban J connectivity index is 1.46. The van der Waals surface area contributed by atoms with E-state index in [1.165, 1.54) is 30.9 Å². The lowest BCUT2D eigenvalue weighted by Gasteiger charge is -2.24. The van der Waals surface area contributed by atoms with Crippen molar-refractivity contribution < 1.29 is 19.2 Å². The van der Waals surface area contributed by atoms with Crippen molar-refractivity contribution in [1.82, 2.24) is 4.90 Å². The summed E-state index contributed by atoms with van der Waals surface area (Å²) < 4.78 is 5.20. The molecule has 174 valence electrons. The molecule has 0 saturated carbocycles. The van der Waals surface area contributed by atoms with E-state index in [0.29, 0.717) is 23.6 Å². The lowest BCUT2D eigenvalue weighted by molar-refractivity contribution is -0.384. The predicted octanol–water partition coefficient (Wildman–Crippen LogP) is 4.67. The monoisotopic (exact) mass is 477 g/mol. The van der Waals surface area contributed by atoms with E-state index in [4.69, 9.17) is 4.74 Å². The maximum Gasteiger partial charge on any atom is 0.271 e. The number of non-ortho nitro benzene ring substituents is 1. The van der Waals surface area contributed by atoms with E-state index in [-0.39, 0.29) is 22.7 Å². The summed E-state index contributed by atoms with van der Waals surface area (Å²) in [5.74, 6) is 0.436. The van der Waals surface area contributed by atoms with Gasteiger partial charge in [0.25, 0.3) is 11.6 Å². The van der Waals surface area contributed by atoms with Crippen LogP contribution in [0.25, 0.3) is 0 Å². The second-order valence-corrected chi connectivity index (χ2v) is 8.77. The number of ether oxygens (including phenoxy) is 1. The summed E-state index contributed by atoms with van der Waals surface area (Å²) in [6, 6.07) is 21.1. The highest BCUT2D eigenvalue weighted by molar-refractivity contribution is 8.00. The van der Waals surface area contributed by atoms with Gasteiger partial charge in [-0.1, -0.05) is 42.5 Å². The van der Waals surface area contributed by atoms with E-state index in [0.717, 1.165) is 12.0 Å². The summed E-state index contributed by atoms with van der Waals surface area (Å²) >= 11 is 1.57. The first-order valence-electron chi connectivity index (χ1n) is 10.6. The van der Waals surface area contributed by atoms with Crippen LogP contribution in [0.5, 0.6) is 5.75 Å². The van der Waals surface area contributed by atoms with Crippen molar-refractivity contribution in [2.45, 2.75) is 11.8 Å². The van der Waals surface area contributed by atoms with Crippen molar-refractivity contribution in [3.05, 3.63) is 99.6 Å². The molecule has 1 aliphatic heterocycles. The van der Waals surface area contributed by atoms with Gasteiger partial charge < -0.3 is 15.0 Å². The molecule has 8 nitrogen and oxygen atoms in total. The largest absolute Gasteiger partial charge is 0.495 e. The molecule has 4 rings (SSSR count). The molecule has 0 bridgehead atoms. The molecule has 1 saturated heterocycles. The number of amides is 2. The number of methoxy groups -OCH3 is 1. The Morgan fingerprint density at radius 1 is 1.15 bits per heavy atom. The second kappa shape index (κ2) is 10.4. The van der Waals surface area contributed by atoms with Crippen LogP contribution in [0.2, 0.25) is 0 Å². The number of hydrogen-bond acceptors (Lipinski definition) is 6. The van der Waals surface area contributed by atoms with E-state index < -0.39 is 10.8 Å². The molecule has 0 aliphatic carbocycles. The molecule has 1 atom stereocenters. The second-order valence-electron chi connectivity index (χ2n) is 7.70. The average Bonchev–Trinajstić information content (AvgIpc) is 3.23. The number of nitro benzene ring substituents is 1. The SMILES string of the molecule is COc1ccc([N+](=O)[O-])cc1NC(=O)c1ccc([C@@H]2SCC(=O)N2CCc2ccccc2)cc1. The Morgan fingerprint density at radius 2 is 1.88 bits per heavy atom. The Hall–Kier alpha value is -3.85. The normalized spacial score (nSPS) is 15.3. The van der Waals surface area contributed by atoms with Crippen LogP contribution in [0.15, 0.2) is 72.8 Å². The van der Waals surface area contributed by atoms with E-state index in [1.807, 2.05) is 47.4 Å². The highest BCUT2D eigenvalue weighted by Crippen LogP contribution is 2.38. The minimum Gasteiger partial charge on any atom is -0.495 e. The van der Waals surface area contributed by atoms with Gasteiger partial charge in [0.1, 0.15) is 11.1 Å². The number of thioether (sulfide) groups is 1. The lowest BCUT2D eigenvalue weighted by Crippen LogP contribution is -2.30. The Labute approximate surface area is 201 Å². The van der Waals surface area contributed by atoms with E-state index in [2.05, 4.69) is 5.32 Å². The highest BCUT2D eigenvalue weighted by atomic mass is 32.2. The maximum atomic E-state index is 12.8. The molecule has 0 radical (unpaired) electrons. The molecular formula is C25H23N3O5S. The first kappa shape index (κ1) is 23.3. The van der Waals surface area contributed by atoms with Gasteiger partial charge in [0.05, 0.1) is 23.5 Å². The van der Waals surface area contributed by atoms with Gasteiger partial charge in [0.2, 0.25) is 5.91 Å². The molecule has 9 heteroatoms. The first-order valence-corrected chi connectivity index (χ1v) is 11.7. The molecule has 34 heavy (non-hydrogen) atoms. The summed E-state index contributed by atoms with van der Waals surface area (Å²) in [7, 11) is 1.43. The average molecular weight is 478 g/mol. The van der Waals surface area contributed by atoms with Gasteiger partial charge >= 0.3 is 0 Å². The van der Waals surface area contributed by atoms with Crippen molar-refractivity contribution in [3.63, 3.8) is 0 Å². The zero-order chi connectivity index (χ0) is 24.1. The maximum absolute atomic E-state index is 12.8. The molecule has 3 aromatic carbocycles. The molecule has 0 aromatic heterocycles. The first-order chi connectivity index (χ1) is 16.5. The lowest BCUT2D eigenvalue weighted by atomic mass is 10.1. The summed E-state index contributed by atoms with van der Waals surface area (Å²) in [6.07, 6.45) is 0.773. The quantitative estimate of drug-likeness (QED) is 0.374. The number of benzene rings is 3. The van der Waals surface area contributed by atoms with Crippen LogP contribution in [-0.2, 0) is 11.2 Å². The molecule has 1 aliphatic rings. The zero-order valence-corrected chi connectivity index (χ0v) is 19.3. The standard InChI is InChI=1S/C25H23N3O5S/c1-33-22-12-11-20(28(31)32)15-21(22)26-24(30)18-7-9-19(10-8-18)25-27(23(29)16-34-25)14-13-17-5-3-2-4-6-17/h2-12,15,25H,13-14,16H2,1H3,(H,26,30)/t25-/m0/s1. The molecule has 0 spiro atoms. The summed E-state index contributed by atoms with van der Waals surface area (Å²) in [6.45, 7) is 0.620. The van der Waals surface area contributed by atoms with Crippen LogP contribution in [0.3, 0.4) is 0 Å². The van der Waals surface area contributed by atoms with Gasteiger partial charge in [-0.15, -0.1) is 11.8 Å². The van der Waals surface area contributed by atoms with Gasteiger partial charge in [0.15, 0.2) is 0 Å². The number of carbonyl (C=O) groups is 2. The smallest absolute Gasteiger partial charge is 0.271 e. The molecule has 1 N–H and O–H groups in total. The number of nitro groups is 1. The molecule has 3 aromatic rings. The summed E-state index contributed by atoms with van der Waals surface area (Å²) in [4.78, 5) is 37.7. The minimum atomic E-state index is -0.534. The Morgan fingerprint density at radius 3 is 2.56 bits per heavy atom. The molecule has 1 heterocycles. The van der Waals surface area contributed by atoms with Gasteiger partial charge in [-0.3, -0.25) is 19.7 Å². The van der Waals surface area contributed by atoms with Crippen LogP contribution in [0.4, 0.5) is 11.4 Å². The third-order valence-electron chi connectivity index (χ3n) is 5.55. The topological polar surface area (TPSA) is 102 Å². The number of carbonyl (C=O) groups excluding carboxylic acids is 2.